The molecule has 18 heavy (non-hydrogen) atoms. The van der Waals surface area contributed by atoms with Gasteiger partial charge in [-0.05, 0) is 34.8 Å². The van der Waals surface area contributed by atoms with Gasteiger partial charge in [0.2, 0.25) is 5.95 Å². The second kappa shape index (κ2) is 4.88. The monoisotopic (exact) mass is 308 g/mol. The molecular formula is C13H17BrN4. The molecule has 2 N–H and O–H groups in total. The van der Waals surface area contributed by atoms with E-state index >= 15 is 0 Å². The minimum absolute atomic E-state index is 0.464. The number of aromatic nitrogens is 3. The molecular weight excluding hydrogens is 292 g/mol. The summed E-state index contributed by atoms with van der Waals surface area (Å²) in [5.74, 6) is 0.600. The summed E-state index contributed by atoms with van der Waals surface area (Å²) >= 11 is 3.42. The van der Waals surface area contributed by atoms with Crippen molar-refractivity contribution in [3.8, 4) is 0 Å². The van der Waals surface area contributed by atoms with E-state index in [4.69, 9.17) is 5.73 Å². The van der Waals surface area contributed by atoms with Crippen LogP contribution in [-0.4, -0.2) is 14.5 Å². The molecule has 0 amide bonds. The molecule has 0 saturated heterocycles. The lowest BCUT2D eigenvalue weighted by molar-refractivity contribution is 0.457. The molecule has 1 aliphatic carbocycles. The van der Waals surface area contributed by atoms with Crippen molar-refractivity contribution in [2.45, 2.75) is 44.6 Å². The van der Waals surface area contributed by atoms with Crippen LogP contribution in [0.2, 0.25) is 0 Å². The van der Waals surface area contributed by atoms with Crippen LogP contribution in [0, 0.1) is 0 Å². The smallest absolute Gasteiger partial charge is 0.202 e. The maximum atomic E-state index is 6.08. The van der Waals surface area contributed by atoms with Crippen LogP contribution in [0.5, 0.6) is 0 Å². The fraction of sp³-hybridized carbons (Fsp3) is 0.538. The van der Waals surface area contributed by atoms with Crippen molar-refractivity contribution in [2.24, 2.45) is 0 Å². The Hall–Kier alpha value is -1.10. The lowest BCUT2D eigenvalue weighted by atomic mass is 10.1. The molecule has 1 fully saturated rings. The van der Waals surface area contributed by atoms with Gasteiger partial charge in [-0.25, -0.2) is 9.97 Å². The molecule has 5 heteroatoms. The molecule has 2 aromatic heterocycles. The molecule has 96 valence electrons. The average molecular weight is 309 g/mol. The van der Waals surface area contributed by atoms with E-state index in [1.807, 2.05) is 12.3 Å². The second-order valence-electron chi connectivity index (χ2n) is 4.98. The first-order valence-electron chi connectivity index (χ1n) is 6.54. The van der Waals surface area contributed by atoms with Gasteiger partial charge in [0.25, 0.3) is 0 Å². The van der Waals surface area contributed by atoms with Crippen molar-refractivity contribution in [1.29, 1.82) is 0 Å². The van der Waals surface area contributed by atoms with Crippen molar-refractivity contribution in [3.63, 3.8) is 0 Å². The summed E-state index contributed by atoms with van der Waals surface area (Å²) in [6.45, 7) is 0. The van der Waals surface area contributed by atoms with Crippen molar-refractivity contribution in [2.75, 3.05) is 5.73 Å². The van der Waals surface area contributed by atoms with Crippen molar-refractivity contribution in [3.05, 3.63) is 16.7 Å². The van der Waals surface area contributed by atoms with Gasteiger partial charge >= 0.3 is 0 Å². The van der Waals surface area contributed by atoms with E-state index in [1.165, 1.54) is 38.5 Å². The quantitative estimate of drug-likeness (QED) is 0.818. The molecule has 0 aromatic carbocycles. The van der Waals surface area contributed by atoms with Gasteiger partial charge < -0.3 is 5.73 Å². The zero-order valence-corrected chi connectivity index (χ0v) is 11.9. The number of nitrogen functional groups attached to an aromatic ring is 1. The van der Waals surface area contributed by atoms with E-state index in [1.54, 1.807) is 0 Å². The number of hydrogen-bond donors (Lipinski definition) is 1. The number of fused-ring (bicyclic) bond motifs is 1. The van der Waals surface area contributed by atoms with Crippen LogP contribution in [0.3, 0.4) is 0 Å². The van der Waals surface area contributed by atoms with E-state index in [0.29, 0.717) is 12.0 Å². The normalized spacial score (nSPS) is 18.1. The first kappa shape index (κ1) is 12.0. The number of nitrogens with two attached hydrogens (primary N) is 1. The molecule has 2 heterocycles. The highest BCUT2D eigenvalue weighted by molar-refractivity contribution is 9.10. The van der Waals surface area contributed by atoms with Crippen LogP contribution in [-0.2, 0) is 0 Å². The van der Waals surface area contributed by atoms with Gasteiger partial charge in [0.05, 0.1) is 0 Å². The highest BCUT2D eigenvalue weighted by Gasteiger charge is 2.20. The fourth-order valence-electron chi connectivity index (χ4n) is 2.85. The lowest BCUT2D eigenvalue weighted by Gasteiger charge is -2.17. The predicted molar refractivity (Wildman–Crippen MR) is 76.4 cm³/mol. The molecule has 0 aliphatic heterocycles. The van der Waals surface area contributed by atoms with Gasteiger partial charge in [-0.1, -0.05) is 25.7 Å². The van der Waals surface area contributed by atoms with Crippen LogP contribution < -0.4 is 5.73 Å². The minimum atomic E-state index is 0.464. The number of pyridine rings is 1. The highest BCUT2D eigenvalue weighted by atomic mass is 79.9. The summed E-state index contributed by atoms with van der Waals surface area (Å²) in [7, 11) is 0. The van der Waals surface area contributed by atoms with Crippen LogP contribution >= 0.6 is 15.9 Å². The third kappa shape index (κ3) is 2.11. The number of hydrogen-bond acceptors (Lipinski definition) is 3. The molecule has 0 spiro atoms. The van der Waals surface area contributed by atoms with E-state index in [9.17, 15) is 0 Å². The zero-order chi connectivity index (χ0) is 12.5. The third-order valence-electron chi connectivity index (χ3n) is 3.71. The summed E-state index contributed by atoms with van der Waals surface area (Å²) in [6.07, 6.45) is 9.42. The number of rotatable bonds is 1. The summed E-state index contributed by atoms with van der Waals surface area (Å²) in [5, 5.41) is 0. The maximum absolute atomic E-state index is 6.08. The summed E-state index contributed by atoms with van der Waals surface area (Å²) in [4.78, 5) is 8.91. The Kier molecular flexibility index (Phi) is 3.24. The standard InChI is InChI=1S/C13H17BrN4/c14-9-7-11-12(16-8-9)18(13(15)17-11)10-5-3-1-2-4-6-10/h7-8,10H,1-6H2,(H2,15,17). The predicted octanol–water partition coefficient (Wildman–Crippen LogP) is 3.67. The third-order valence-corrected chi connectivity index (χ3v) is 4.15. The molecule has 0 unspecified atom stereocenters. The Balaban J connectivity index is 2.06. The van der Waals surface area contributed by atoms with Gasteiger partial charge in [0.1, 0.15) is 5.52 Å². The van der Waals surface area contributed by atoms with Crippen molar-refractivity contribution >= 4 is 33.0 Å². The number of nitrogens with zero attached hydrogens (tertiary/aromatic N) is 3. The molecule has 0 atom stereocenters. The largest absolute Gasteiger partial charge is 0.369 e. The van der Waals surface area contributed by atoms with Crippen LogP contribution in [0.4, 0.5) is 5.95 Å². The fourth-order valence-corrected chi connectivity index (χ4v) is 3.17. The second-order valence-corrected chi connectivity index (χ2v) is 5.90. The molecule has 1 saturated carbocycles. The maximum Gasteiger partial charge on any atom is 0.202 e. The number of halogens is 1. The number of anilines is 1. The first-order valence-corrected chi connectivity index (χ1v) is 7.34. The highest BCUT2D eigenvalue weighted by Crippen LogP contribution is 2.32. The molecule has 0 radical (unpaired) electrons. The van der Waals surface area contributed by atoms with Gasteiger partial charge in [0.15, 0.2) is 5.65 Å². The zero-order valence-electron chi connectivity index (χ0n) is 10.3. The number of imidazole rings is 1. The van der Waals surface area contributed by atoms with Crippen LogP contribution in [0.25, 0.3) is 11.2 Å². The topological polar surface area (TPSA) is 56.7 Å². The van der Waals surface area contributed by atoms with Crippen LogP contribution in [0.15, 0.2) is 16.7 Å². The van der Waals surface area contributed by atoms with Crippen molar-refractivity contribution in [1.82, 2.24) is 14.5 Å². The summed E-state index contributed by atoms with van der Waals surface area (Å²) in [5.41, 5.74) is 7.88. The van der Waals surface area contributed by atoms with Crippen LogP contribution in [0.1, 0.15) is 44.6 Å². The first-order chi connectivity index (χ1) is 8.75. The minimum Gasteiger partial charge on any atom is -0.369 e. The Morgan fingerprint density at radius 1 is 1.22 bits per heavy atom. The lowest BCUT2D eigenvalue weighted by Crippen LogP contribution is -2.11. The Bertz CT molecular complexity index is 555. The summed E-state index contributed by atoms with van der Waals surface area (Å²) < 4.78 is 3.08. The molecule has 2 aromatic rings. The molecule has 3 rings (SSSR count). The Morgan fingerprint density at radius 2 is 1.94 bits per heavy atom. The van der Waals surface area contributed by atoms with Gasteiger partial charge in [-0.15, -0.1) is 0 Å². The van der Waals surface area contributed by atoms with E-state index < -0.39 is 0 Å². The van der Waals surface area contributed by atoms with E-state index in [2.05, 4.69) is 30.5 Å². The Labute approximate surface area is 115 Å². The van der Waals surface area contributed by atoms with E-state index in [0.717, 1.165) is 15.6 Å². The van der Waals surface area contributed by atoms with E-state index in [-0.39, 0.29) is 0 Å². The summed E-state index contributed by atoms with van der Waals surface area (Å²) in [6, 6.07) is 2.44. The molecule has 0 bridgehead atoms. The SMILES string of the molecule is Nc1nc2cc(Br)cnc2n1C1CCCCCC1. The Morgan fingerprint density at radius 3 is 2.67 bits per heavy atom. The average Bonchev–Trinajstić information content (AvgIpc) is 2.54. The van der Waals surface area contributed by atoms with Gasteiger partial charge in [-0.2, -0.15) is 0 Å². The van der Waals surface area contributed by atoms with Crippen molar-refractivity contribution < 1.29 is 0 Å². The van der Waals surface area contributed by atoms with Gasteiger partial charge in [0, 0.05) is 16.7 Å². The molecule has 4 nitrogen and oxygen atoms in total. The van der Waals surface area contributed by atoms with Gasteiger partial charge in [-0.3, -0.25) is 4.57 Å². The molecule has 1 aliphatic rings.